The Bertz CT molecular complexity index is 677. The van der Waals surface area contributed by atoms with Crippen molar-refractivity contribution in [2.45, 2.75) is 30.1 Å². The highest BCUT2D eigenvalue weighted by Gasteiger charge is 2.26. The van der Waals surface area contributed by atoms with Gasteiger partial charge < -0.3 is 4.52 Å². The highest BCUT2D eigenvalue weighted by molar-refractivity contribution is 8.55. The summed E-state index contributed by atoms with van der Waals surface area (Å²) in [6.45, 7) is 1.06. The van der Waals surface area contributed by atoms with Crippen LogP contribution in [0.3, 0.4) is 0 Å². The summed E-state index contributed by atoms with van der Waals surface area (Å²) in [5, 5.41) is 0.722. The summed E-state index contributed by atoms with van der Waals surface area (Å²) in [5.41, 5.74) is 0. The first-order chi connectivity index (χ1) is 11.5. The maximum absolute atomic E-state index is 12.7. The maximum atomic E-state index is 12.7. The van der Waals surface area contributed by atoms with Gasteiger partial charge in [-0.25, -0.2) is 4.57 Å². The van der Waals surface area contributed by atoms with Crippen LogP contribution in [0, 0.1) is 0 Å². The van der Waals surface area contributed by atoms with Crippen molar-refractivity contribution in [1.29, 1.82) is 0 Å². The number of hydrogen-bond donors (Lipinski definition) is 0. The molecular formula is C17H20ClO3PS2. The van der Waals surface area contributed by atoms with Gasteiger partial charge in [0.2, 0.25) is 0 Å². The Balaban J connectivity index is 2.02. The van der Waals surface area contributed by atoms with Crippen molar-refractivity contribution in [2.75, 3.05) is 12.4 Å². The summed E-state index contributed by atoms with van der Waals surface area (Å²) in [6.07, 6.45) is 0.918. The van der Waals surface area contributed by atoms with E-state index in [1.54, 1.807) is 11.8 Å². The Kier molecular flexibility index (Phi) is 8.05. The van der Waals surface area contributed by atoms with E-state index in [1.165, 1.54) is 11.4 Å². The lowest BCUT2D eigenvalue weighted by molar-refractivity contribution is 0.296. The Morgan fingerprint density at radius 2 is 1.58 bits per heavy atom. The summed E-state index contributed by atoms with van der Waals surface area (Å²) in [4.78, 5) is 2.17. The third-order valence-electron chi connectivity index (χ3n) is 2.83. The van der Waals surface area contributed by atoms with Crippen molar-refractivity contribution in [3.63, 3.8) is 0 Å². The third kappa shape index (κ3) is 6.38. The summed E-state index contributed by atoms with van der Waals surface area (Å²) in [7, 11) is 0. The molecule has 0 radical (unpaired) electrons. The van der Waals surface area contributed by atoms with E-state index in [0.29, 0.717) is 12.4 Å². The van der Waals surface area contributed by atoms with Crippen LogP contribution >= 0.6 is 41.5 Å². The monoisotopic (exact) mass is 402 g/mol. The van der Waals surface area contributed by atoms with Gasteiger partial charge in [0, 0.05) is 20.6 Å². The van der Waals surface area contributed by atoms with Gasteiger partial charge in [0.1, 0.15) is 5.75 Å². The highest BCUT2D eigenvalue weighted by atomic mass is 35.5. The van der Waals surface area contributed by atoms with E-state index in [-0.39, 0.29) is 0 Å². The first-order valence-electron chi connectivity index (χ1n) is 7.67. The lowest BCUT2D eigenvalue weighted by Gasteiger charge is -2.17. The molecule has 0 fully saturated rings. The second-order valence-corrected chi connectivity index (χ2v) is 10.5. The number of benzene rings is 2. The first kappa shape index (κ1) is 19.7. The fraction of sp³-hybridized carbons (Fsp3) is 0.294. The minimum absolute atomic E-state index is 0.360. The van der Waals surface area contributed by atoms with Gasteiger partial charge in [0.25, 0.3) is 0 Å². The number of hydrogen-bond acceptors (Lipinski definition) is 5. The molecule has 2 aromatic carbocycles. The molecule has 24 heavy (non-hydrogen) atoms. The minimum Gasteiger partial charge on any atom is -0.417 e. The average Bonchev–Trinajstić information content (AvgIpc) is 2.57. The molecule has 0 bridgehead atoms. The van der Waals surface area contributed by atoms with Gasteiger partial charge in [0.15, 0.2) is 0 Å². The van der Waals surface area contributed by atoms with E-state index in [4.69, 9.17) is 20.6 Å². The minimum atomic E-state index is -3.15. The molecule has 2 rings (SSSR count). The zero-order chi connectivity index (χ0) is 17.4. The normalized spacial score (nSPS) is 13.5. The molecular weight excluding hydrogens is 383 g/mol. The van der Waals surface area contributed by atoms with Gasteiger partial charge >= 0.3 is 6.80 Å². The first-order valence-corrected chi connectivity index (χ1v) is 12.0. The topological polar surface area (TPSA) is 35.5 Å². The second kappa shape index (κ2) is 9.79. The summed E-state index contributed by atoms with van der Waals surface area (Å²) in [6, 6.07) is 15.2. The van der Waals surface area contributed by atoms with Crippen molar-refractivity contribution < 1.29 is 13.6 Å². The second-order valence-electron chi connectivity index (χ2n) is 4.82. The Labute approximate surface area is 156 Å². The Morgan fingerprint density at radius 1 is 1.00 bits per heavy atom. The van der Waals surface area contributed by atoms with E-state index in [9.17, 15) is 4.57 Å². The quantitative estimate of drug-likeness (QED) is 0.416. The van der Waals surface area contributed by atoms with Crippen LogP contribution in [0.5, 0.6) is 5.75 Å². The molecule has 2 aromatic rings. The van der Waals surface area contributed by atoms with Crippen molar-refractivity contribution in [3.05, 3.63) is 53.6 Å². The van der Waals surface area contributed by atoms with Crippen molar-refractivity contribution in [1.82, 2.24) is 0 Å². The highest BCUT2D eigenvalue weighted by Crippen LogP contribution is 2.60. The standard InChI is InChI=1S/C17H20ClO3PS2/c1-3-13-23-22(19,20-4-2)21-15-7-11-17(12-8-15)24-16-9-5-14(18)6-10-16/h5-12H,3-4,13H2,1-2H3. The maximum Gasteiger partial charge on any atom is 0.440 e. The zero-order valence-corrected chi connectivity index (χ0v) is 16.9. The SMILES string of the molecule is CCCSP(=O)(OCC)Oc1ccc(Sc2ccc(Cl)cc2)cc1. The van der Waals surface area contributed by atoms with Crippen LogP contribution in [-0.2, 0) is 9.09 Å². The molecule has 0 saturated heterocycles. The summed E-state index contributed by atoms with van der Waals surface area (Å²) >= 11 is 8.76. The molecule has 3 nitrogen and oxygen atoms in total. The van der Waals surface area contributed by atoms with Gasteiger partial charge in [-0.1, -0.05) is 30.3 Å². The molecule has 130 valence electrons. The molecule has 0 saturated carbocycles. The van der Waals surface area contributed by atoms with Crippen molar-refractivity contribution in [2.24, 2.45) is 0 Å². The van der Waals surface area contributed by atoms with Crippen LogP contribution in [0.15, 0.2) is 58.3 Å². The van der Waals surface area contributed by atoms with Gasteiger partial charge in [0.05, 0.1) is 6.61 Å². The smallest absolute Gasteiger partial charge is 0.417 e. The van der Waals surface area contributed by atoms with Gasteiger partial charge in [-0.05, 0) is 73.3 Å². The Hall–Kier alpha value is -0.580. The molecule has 0 aliphatic heterocycles. The van der Waals surface area contributed by atoms with Crippen LogP contribution in [-0.4, -0.2) is 12.4 Å². The average molecular weight is 403 g/mol. The third-order valence-corrected chi connectivity index (χ3v) is 8.05. The van der Waals surface area contributed by atoms with Crippen LogP contribution in [0.4, 0.5) is 0 Å². The predicted octanol–water partition coefficient (Wildman–Crippen LogP) is 7.16. The molecule has 0 aliphatic carbocycles. The fourth-order valence-corrected chi connectivity index (χ4v) is 6.19. The molecule has 0 amide bonds. The predicted molar refractivity (Wildman–Crippen MR) is 105 cm³/mol. The van der Waals surface area contributed by atoms with Crippen molar-refractivity contribution >= 4 is 41.5 Å². The molecule has 0 N–H and O–H groups in total. The number of halogens is 1. The molecule has 0 aromatic heterocycles. The molecule has 0 aliphatic rings. The largest absolute Gasteiger partial charge is 0.440 e. The lowest BCUT2D eigenvalue weighted by atomic mass is 10.3. The van der Waals surface area contributed by atoms with E-state index >= 15 is 0 Å². The Morgan fingerprint density at radius 3 is 2.12 bits per heavy atom. The summed E-state index contributed by atoms with van der Waals surface area (Å²) in [5.74, 6) is 1.29. The fourth-order valence-electron chi connectivity index (χ4n) is 1.79. The van der Waals surface area contributed by atoms with Crippen molar-refractivity contribution in [3.8, 4) is 5.75 Å². The van der Waals surface area contributed by atoms with Gasteiger partial charge in [-0.15, -0.1) is 0 Å². The number of rotatable bonds is 9. The van der Waals surface area contributed by atoms with E-state index in [1.807, 2.05) is 62.4 Å². The van der Waals surface area contributed by atoms with Crippen LogP contribution < -0.4 is 4.52 Å². The summed E-state index contributed by atoms with van der Waals surface area (Å²) < 4.78 is 23.6. The van der Waals surface area contributed by atoms with E-state index in [2.05, 4.69) is 0 Å². The molecule has 0 heterocycles. The molecule has 0 spiro atoms. The van der Waals surface area contributed by atoms with Crippen LogP contribution in [0.2, 0.25) is 5.02 Å². The lowest BCUT2D eigenvalue weighted by Crippen LogP contribution is -1.96. The zero-order valence-electron chi connectivity index (χ0n) is 13.6. The molecule has 1 unspecified atom stereocenters. The van der Waals surface area contributed by atoms with Crippen LogP contribution in [0.25, 0.3) is 0 Å². The van der Waals surface area contributed by atoms with Gasteiger partial charge in [-0.3, -0.25) is 4.52 Å². The van der Waals surface area contributed by atoms with Gasteiger partial charge in [-0.2, -0.15) is 0 Å². The molecule has 1 atom stereocenters. The molecule has 7 heteroatoms. The van der Waals surface area contributed by atoms with Crippen LogP contribution in [0.1, 0.15) is 20.3 Å². The van der Waals surface area contributed by atoms with E-state index < -0.39 is 6.80 Å². The van der Waals surface area contributed by atoms with E-state index in [0.717, 1.165) is 27.0 Å².